The summed E-state index contributed by atoms with van der Waals surface area (Å²) >= 11 is 3.36. The van der Waals surface area contributed by atoms with E-state index in [1.807, 2.05) is 0 Å². The second-order valence-electron chi connectivity index (χ2n) is 4.00. The van der Waals surface area contributed by atoms with Crippen LogP contribution in [-0.4, -0.2) is 17.9 Å². The lowest BCUT2D eigenvalue weighted by Crippen LogP contribution is -2.07. The summed E-state index contributed by atoms with van der Waals surface area (Å²) in [5.74, 6) is 1.07. The van der Waals surface area contributed by atoms with E-state index in [0.29, 0.717) is 17.1 Å². The van der Waals surface area contributed by atoms with Crippen molar-refractivity contribution < 1.29 is 9.53 Å². The number of ketones is 1. The van der Waals surface area contributed by atoms with Crippen molar-refractivity contribution in [3.8, 4) is 5.75 Å². The van der Waals surface area contributed by atoms with Gasteiger partial charge in [0.2, 0.25) is 0 Å². The molecule has 0 bridgehead atoms. The molecular formula is C14H13BrN2O2. The quantitative estimate of drug-likeness (QED) is 0.880. The molecule has 4 nitrogen and oxygen atoms in total. The second kappa shape index (κ2) is 5.84. The van der Waals surface area contributed by atoms with Crippen LogP contribution in [0.2, 0.25) is 0 Å². The number of carbonyl (C=O) groups excluding carboxylic acids is 1. The van der Waals surface area contributed by atoms with Crippen LogP contribution in [0, 0.1) is 0 Å². The lowest BCUT2D eigenvalue weighted by Gasteiger charge is -2.07. The average Bonchev–Trinajstić information content (AvgIpc) is 2.41. The smallest absolute Gasteiger partial charge is 0.167 e. The SMILES string of the molecule is COc1ccc(C(=O)Cc2cccnc2N)cc1Br. The number of rotatable bonds is 4. The van der Waals surface area contributed by atoms with E-state index < -0.39 is 0 Å². The van der Waals surface area contributed by atoms with Crippen LogP contribution in [0.4, 0.5) is 5.82 Å². The third-order valence-electron chi connectivity index (χ3n) is 2.75. The first kappa shape index (κ1) is 13.5. The zero-order chi connectivity index (χ0) is 13.8. The number of anilines is 1. The highest BCUT2D eigenvalue weighted by molar-refractivity contribution is 9.10. The molecule has 0 spiro atoms. The van der Waals surface area contributed by atoms with Gasteiger partial charge in [0.1, 0.15) is 11.6 Å². The summed E-state index contributed by atoms with van der Waals surface area (Å²) in [7, 11) is 1.58. The van der Waals surface area contributed by atoms with E-state index in [9.17, 15) is 4.79 Å². The molecule has 0 aliphatic rings. The summed E-state index contributed by atoms with van der Waals surface area (Å²) < 4.78 is 5.88. The molecule has 0 saturated heterocycles. The molecule has 0 saturated carbocycles. The van der Waals surface area contributed by atoms with Crippen LogP contribution in [0.15, 0.2) is 41.0 Å². The van der Waals surface area contributed by atoms with Crippen molar-refractivity contribution in [1.29, 1.82) is 0 Å². The van der Waals surface area contributed by atoms with Crippen molar-refractivity contribution in [3.05, 3.63) is 52.1 Å². The van der Waals surface area contributed by atoms with E-state index in [-0.39, 0.29) is 12.2 Å². The van der Waals surface area contributed by atoms with Crippen LogP contribution in [-0.2, 0) is 6.42 Å². The predicted octanol–water partition coefficient (Wildman–Crippen LogP) is 2.86. The van der Waals surface area contributed by atoms with Gasteiger partial charge < -0.3 is 10.5 Å². The molecule has 5 heteroatoms. The van der Waals surface area contributed by atoms with Crippen molar-refractivity contribution in [3.63, 3.8) is 0 Å². The first-order valence-electron chi connectivity index (χ1n) is 5.68. The van der Waals surface area contributed by atoms with Gasteiger partial charge in [-0.1, -0.05) is 6.07 Å². The molecule has 0 aliphatic carbocycles. The second-order valence-corrected chi connectivity index (χ2v) is 4.85. The Labute approximate surface area is 119 Å². The van der Waals surface area contributed by atoms with Gasteiger partial charge in [0, 0.05) is 23.7 Å². The maximum absolute atomic E-state index is 12.2. The molecule has 0 amide bonds. The van der Waals surface area contributed by atoms with Gasteiger partial charge in [-0.15, -0.1) is 0 Å². The molecule has 0 radical (unpaired) electrons. The maximum atomic E-state index is 12.2. The normalized spacial score (nSPS) is 10.2. The first-order chi connectivity index (χ1) is 9.11. The predicted molar refractivity (Wildman–Crippen MR) is 77.4 cm³/mol. The minimum absolute atomic E-state index is 0.0111. The van der Waals surface area contributed by atoms with Crippen LogP contribution in [0.3, 0.4) is 0 Å². The van der Waals surface area contributed by atoms with Crippen molar-refractivity contribution >= 4 is 27.5 Å². The number of nitrogens with two attached hydrogens (primary N) is 1. The fraction of sp³-hybridized carbons (Fsp3) is 0.143. The average molecular weight is 321 g/mol. The summed E-state index contributed by atoms with van der Waals surface area (Å²) in [5, 5.41) is 0. The number of nitrogens with zero attached hydrogens (tertiary/aromatic N) is 1. The summed E-state index contributed by atoms with van der Waals surface area (Å²) in [5.41, 5.74) is 7.07. The lowest BCUT2D eigenvalue weighted by molar-refractivity contribution is 0.0993. The number of ether oxygens (including phenoxy) is 1. The van der Waals surface area contributed by atoms with Gasteiger partial charge in [0.05, 0.1) is 11.6 Å². The third kappa shape index (κ3) is 3.12. The lowest BCUT2D eigenvalue weighted by atomic mass is 10.0. The Morgan fingerprint density at radius 2 is 2.21 bits per heavy atom. The molecule has 1 heterocycles. The van der Waals surface area contributed by atoms with Gasteiger partial charge in [0.15, 0.2) is 5.78 Å². The maximum Gasteiger partial charge on any atom is 0.167 e. The van der Waals surface area contributed by atoms with E-state index >= 15 is 0 Å². The number of benzene rings is 1. The molecule has 0 atom stereocenters. The highest BCUT2D eigenvalue weighted by Gasteiger charge is 2.11. The van der Waals surface area contributed by atoms with Crippen LogP contribution < -0.4 is 10.5 Å². The van der Waals surface area contributed by atoms with E-state index in [1.54, 1.807) is 43.6 Å². The van der Waals surface area contributed by atoms with Crippen LogP contribution in [0.25, 0.3) is 0 Å². The summed E-state index contributed by atoms with van der Waals surface area (Å²) in [6.45, 7) is 0. The molecule has 0 fully saturated rings. The number of halogens is 1. The first-order valence-corrected chi connectivity index (χ1v) is 6.47. The molecule has 1 aromatic carbocycles. The van der Waals surface area contributed by atoms with Gasteiger partial charge in [-0.05, 0) is 40.2 Å². The Morgan fingerprint density at radius 3 is 2.84 bits per heavy atom. The Bertz CT molecular complexity index is 614. The number of carbonyl (C=O) groups is 1. The zero-order valence-corrected chi connectivity index (χ0v) is 12.0. The number of methoxy groups -OCH3 is 1. The van der Waals surface area contributed by atoms with Gasteiger partial charge in [-0.3, -0.25) is 4.79 Å². The molecule has 2 aromatic rings. The number of Topliss-reactive ketones (excluding diaryl/α,β-unsaturated/α-hetero) is 1. The molecule has 19 heavy (non-hydrogen) atoms. The standard InChI is InChI=1S/C14H13BrN2O2/c1-19-13-5-4-9(7-11(13)15)12(18)8-10-3-2-6-17-14(10)16/h2-7H,8H2,1H3,(H2,16,17). The van der Waals surface area contributed by atoms with Crippen molar-refractivity contribution in [1.82, 2.24) is 4.98 Å². The van der Waals surface area contributed by atoms with E-state index in [0.717, 1.165) is 10.0 Å². The van der Waals surface area contributed by atoms with E-state index in [1.165, 1.54) is 0 Å². The number of pyridine rings is 1. The zero-order valence-electron chi connectivity index (χ0n) is 10.4. The van der Waals surface area contributed by atoms with Crippen molar-refractivity contribution in [2.45, 2.75) is 6.42 Å². The number of hydrogen-bond donors (Lipinski definition) is 1. The van der Waals surface area contributed by atoms with Crippen LogP contribution >= 0.6 is 15.9 Å². The molecular weight excluding hydrogens is 308 g/mol. The molecule has 1 aromatic heterocycles. The largest absolute Gasteiger partial charge is 0.496 e. The Balaban J connectivity index is 2.21. The highest BCUT2D eigenvalue weighted by atomic mass is 79.9. The number of nitrogen functional groups attached to an aromatic ring is 1. The molecule has 0 unspecified atom stereocenters. The Kier molecular flexibility index (Phi) is 4.16. The third-order valence-corrected chi connectivity index (χ3v) is 3.37. The summed E-state index contributed by atoms with van der Waals surface area (Å²) in [6.07, 6.45) is 1.84. The summed E-state index contributed by atoms with van der Waals surface area (Å²) in [6, 6.07) is 8.80. The van der Waals surface area contributed by atoms with Crippen LogP contribution in [0.1, 0.15) is 15.9 Å². The van der Waals surface area contributed by atoms with Crippen molar-refractivity contribution in [2.24, 2.45) is 0 Å². The van der Waals surface area contributed by atoms with Crippen molar-refractivity contribution in [2.75, 3.05) is 12.8 Å². The fourth-order valence-electron chi connectivity index (χ4n) is 1.72. The van der Waals surface area contributed by atoms with E-state index in [4.69, 9.17) is 10.5 Å². The number of hydrogen-bond acceptors (Lipinski definition) is 4. The molecule has 0 aliphatic heterocycles. The molecule has 2 N–H and O–H groups in total. The Hall–Kier alpha value is -1.88. The fourth-order valence-corrected chi connectivity index (χ4v) is 2.26. The summed E-state index contributed by atoms with van der Waals surface area (Å²) in [4.78, 5) is 16.1. The minimum Gasteiger partial charge on any atom is -0.496 e. The number of aromatic nitrogens is 1. The molecule has 98 valence electrons. The van der Waals surface area contributed by atoms with Gasteiger partial charge in [0.25, 0.3) is 0 Å². The van der Waals surface area contributed by atoms with Gasteiger partial charge in [-0.25, -0.2) is 4.98 Å². The topological polar surface area (TPSA) is 65.2 Å². The molecule has 2 rings (SSSR count). The Morgan fingerprint density at radius 1 is 1.42 bits per heavy atom. The van der Waals surface area contributed by atoms with Crippen LogP contribution in [0.5, 0.6) is 5.75 Å². The van der Waals surface area contributed by atoms with E-state index in [2.05, 4.69) is 20.9 Å². The van der Waals surface area contributed by atoms with Gasteiger partial charge >= 0.3 is 0 Å². The monoisotopic (exact) mass is 320 g/mol. The van der Waals surface area contributed by atoms with Gasteiger partial charge in [-0.2, -0.15) is 0 Å². The highest BCUT2D eigenvalue weighted by Crippen LogP contribution is 2.26. The minimum atomic E-state index is -0.0111.